The van der Waals surface area contributed by atoms with E-state index in [9.17, 15) is 14.0 Å². The lowest BCUT2D eigenvalue weighted by atomic mass is 9.69. The average molecular weight is 506 g/mol. The molecule has 1 aliphatic carbocycles. The molecule has 36 heavy (non-hydrogen) atoms. The van der Waals surface area contributed by atoms with Crippen molar-refractivity contribution in [3.8, 4) is 11.5 Å². The van der Waals surface area contributed by atoms with Crippen LogP contribution < -0.4 is 20.3 Å². The highest BCUT2D eigenvalue weighted by atomic mass is 32.2. The summed E-state index contributed by atoms with van der Waals surface area (Å²) in [4.78, 5) is 34.5. The third-order valence-corrected chi connectivity index (χ3v) is 7.66. The first-order chi connectivity index (χ1) is 17.3. The molecule has 9 heteroatoms. The Hall–Kier alpha value is -3.59. The smallest absolute Gasteiger partial charge is 0.257 e. The lowest BCUT2D eigenvalue weighted by Crippen LogP contribution is -2.37. The van der Waals surface area contributed by atoms with E-state index in [2.05, 4.69) is 24.1 Å². The standard InChI is InChI=1S/C27H24FN3O4S/c1-27(2)10-17-22(18(32)11-27)21(15-5-8-19-20(9-15)35-13-34-19)23-24(29-17)30-26(31-25(23)33)36-12-14-3-6-16(28)7-4-14/h3-9,21H,10-13H2,1-2H3,(H2,29,30,31,33). The first-order valence-electron chi connectivity index (χ1n) is 11.7. The van der Waals surface area contributed by atoms with E-state index in [4.69, 9.17) is 14.5 Å². The summed E-state index contributed by atoms with van der Waals surface area (Å²) in [6.07, 6.45) is 1.07. The van der Waals surface area contributed by atoms with Gasteiger partial charge in [-0.2, -0.15) is 0 Å². The number of halogens is 1. The molecular formula is C27H24FN3O4S. The Kier molecular flexibility index (Phi) is 5.40. The maximum atomic E-state index is 13.5. The number of ketones is 1. The van der Waals surface area contributed by atoms with Gasteiger partial charge in [-0.3, -0.25) is 9.59 Å². The quantitative estimate of drug-likeness (QED) is 0.375. The fourth-order valence-corrected chi connectivity index (χ4v) is 5.94. The zero-order chi connectivity index (χ0) is 25.0. The highest BCUT2D eigenvalue weighted by molar-refractivity contribution is 7.98. The van der Waals surface area contributed by atoms with Crippen LogP contribution in [-0.2, 0) is 10.5 Å². The van der Waals surface area contributed by atoms with E-state index in [0.29, 0.717) is 52.2 Å². The predicted octanol–water partition coefficient (Wildman–Crippen LogP) is 5.13. The number of carbonyl (C=O) groups is 1. The van der Waals surface area contributed by atoms with Crippen molar-refractivity contribution in [3.63, 3.8) is 0 Å². The van der Waals surface area contributed by atoms with E-state index >= 15 is 0 Å². The summed E-state index contributed by atoms with van der Waals surface area (Å²) in [6, 6.07) is 11.8. The van der Waals surface area contributed by atoms with Gasteiger partial charge in [0, 0.05) is 29.4 Å². The van der Waals surface area contributed by atoms with E-state index in [1.807, 2.05) is 18.2 Å². The number of ether oxygens (including phenoxy) is 2. The molecule has 7 nitrogen and oxygen atoms in total. The largest absolute Gasteiger partial charge is 0.454 e. The Balaban J connectivity index is 1.43. The van der Waals surface area contributed by atoms with E-state index in [0.717, 1.165) is 16.8 Å². The summed E-state index contributed by atoms with van der Waals surface area (Å²) in [6.45, 7) is 4.27. The van der Waals surface area contributed by atoms with E-state index in [1.165, 1.54) is 23.9 Å². The van der Waals surface area contributed by atoms with Gasteiger partial charge in [0.2, 0.25) is 6.79 Å². The van der Waals surface area contributed by atoms with Crippen LogP contribution in [0, 0.1) is 11.2 Å². The first-order valence-corrected chi connectivity index (χ1v) is 12.7. The van der Waals surface area contributed by atoms with Gasteiger partial charge in [0.1, 0.15) is 11.6 Å². The van der Waals surface area contributed by atoms with Crippen LogP contribution in [-0.4, -0.2) is 22.5 Å². The van der Waals surface area contributed by atoms with Crippen LogP contribution >= 0.6 is 11.8 Å². The summed E-state index contributed by atoms with van der Waals surface area (Å²) in [5, 5.41) is 3.78. The van der Waals surface area contributed by atoms with E-state index in [1.54, 1.807) is 12.1 Å². The molecule has 184 valence electrons. The third kappa shape index (κ3) is 4.07. The number of H-pyrrole nitrogens is 1. The SMILES string of the molecule is CC1(C)CC(=O)C2=C(C1)Nc1nc(SCc3ccc(F)cc3)[nH]c(=O)c1C2c1ccc2c(c1)OCO2. The summed E-state index contributed by atoms with van der Waals surface area (Å²) >= 11 is 1.36. The van der Waals surface area contributed by atoms with Gasteiger partial charge in [-0.15, -0.1) is 0 Å². The van der Waals surface area contributed by atoms with Gasteiger partial charge >= 0.3 is 0 Å². The summed E-state index contributed by atoms with van der Waals surface area (Å²) in [5.41, 5.74) is 3.01. The molecule has 0 saturated carbocycles. The molecule has 1 unspecified atom stereocenters. The molecule has 1 atom stereocenters. The van der Waals surface area contributed by atoms with Crippen LogP contribution in [0.1, 0.15) is 49.3 Å². The van der Waals surface area contributed by atoms with Crippen molar-refractivity contribution in [1.82, 2.24) is 9.97 Å². The zero-order valence-corrected chi connectivity index (χ0v) is 20.6. The molecule has 0 saturated heterocycles. The number of aromatic nitrogens is 2. The van der Waals surface area contributed by atoms with Gasteiger partial charge in [0.25, 0.3) is 5.56 Å². The third-order valence-electron chi connectivity index (χ3n) is 6.72. The van der Waals surface area contributed by atoms with Gasteiger partial charge in [0.15, 0.2) is 22.4 Å². The minimum Gasteiger partial charge on any atom is -0.454 e. The van der Waals surface area contributed by atoms with Gasteiger partial charge < -0.3 is 19.8 Å². The van der Waals surface area contributed by atoms with Crippen molar-refractivity contribution in [2.75, 3.05) is 12.1 Å². The van der Waals surface area contributed by atoms with Crippen molar-refractivity contribution in [3.05, 3.63) is 86.6 Å². The number of nitrogens with zero attached hydrogens (tertiary/aromatic N) is 1. The lowest BCUT2D eigenvalue weighted by molar-refractivity contribution is -0.118. The van der Waals surface area contributed by atoms with E-state index < -0.39 is 5.92 Å². The maximum Gasteiger partial charge on any atom is 0.257 e. The minimum absolute atomic E-state index is 0.0243. The summed E-state index contributed by atoms with van der Waals surface area (Å²) < 4.78 is 24.3. The Morgan fingerprint density at radius 1 is 1.08 bits per heavy atom. The van der Waals surface area contributed by atoms with Gasteiger partial charge in [-0.1, -0.05) is 43.8 Å². The minimum atomic E-state index is -0.568. The molecule has 0 amide bonds. The fourth-order valence-electron chi connectivity index (χ4n) is 5.12. The molecule has 0 bridgehead atoms. The Labute approximate surface area is 211 Å². The predicted molar refractivity (Wildman–Crippen MR) is 134 cm³/mol. The molecule has 6 rings (SSSR count). The number of hydrogen-bond donors (Lipinski definition) is 2. The summed E-state index contributed by atoms with van der Waals surface area (Å²) in [5.74, 6) is 1.36. The fraction of sp³-hybridized carbons (Fsp3) is 0.296. The van der Waals surface area contributed by atoms with Crippen LogP contribution in [0.4, 0.5) is 10.2 Å². The van der Waals surface area contributed by atoms with Gasteiger partial charge in [0.05, 0.1) is 5.56 Å². The highest BCUT2D eigenvalue weighted by Gasteiger charge is 2.42. The number of Topliss-reactive ketones (excluding diaryl/α,β-unsaturated/α-hetero) is 1. The number of rotatable bonds is 4. The number of nitrogens with one attached hydrogen (secondary N) is 2. The normalized spacial score (nSPS) is 19.5. The number of hydrogen-bond acceptors (Lipinski definition) is 7. The summed E-state index contributed by atoms with van der Waals surface area (Å²) in [7, 11) is 0. The molecule has 2 N–H and O–H groups in total. The topological polar surface area (TPSA) is 93.3 Å². The average Bonchev–Trinajstić information content (AvgIpc) is 3.29. The monoisotopic (exact) mass is 505 g/mol. The molecule has 3 heterocycles. The number of carbonyl (C=O) groups excluding carboxylic acids is 1. The number of fused-ring (bicyclic) bond motifs is 2. The van der Waals surface area contributed by atoms with Crippen molar-refractivity contribution in [1.29, 1.82) is 0 Å². The molecule has 1 aromatic heterocycles. The molecule has 2 aliphatic heterocycles. The number of benzene rings is 2. The zero-order valence-electron chi connectivity index (χ0n) is 19.8. The van der Waals surface area contributed by atoms with Crippen LogP contribution in [0.15, 0.2) is 63.7 Å². The highest BCUT2D eigenvalue weighted by Crippen LogP contribution is 2.49. The maximum absolute atomic E-state index is 13.5. The first kappa shape index (κ1) is 22.8. The number of allylic oxidation sites excluding steroid dienone is 2. The van der Waals surface area contributed by atoms with Crippen molar-refractivity contribution >= 4 is 23.4 Å². The Morgan fingerprint density at radius 2 is 1.86 bits per heavy atom. The second-order valence-corrected chi connectivity index (χ2v) is 11.0. The Morgan fingerprint density at radius 3 is 2.67 bits per heavy atom. The van der Waals surface area contributed by atoms with Crippen LogP contribution in [0.3, 0.4) is 0 Å². The van der Waals surface area contributed by atoms with Crippen LogP contribution in [0.25, 0.3) is 0 Å². The van der Waals surface area contributed by atoms with Gasteiger partial charge in [-0.25, -0.2) is 9.37 Å². The molecule has 0 spiro atoms. The van der Waals surface area contributed by atoms with Crippen molar-refractivity contribution in [2.24, 2.45) is 5.41 Å². The van der Waals surface area contributed by atoms with Crippen molar-refractivity contribution in [2.45, 2.75) is 43.5 Å². The molecule has 0 fully saturated rings. The van der Waals surface area contributed by atoms with Crippen LogP contribution in [0.5, 0.6) is 11.5 Å². The van der Waals surface area contributed by atoms with Gasteiger partial charge in [-0.05, 0) is 47.2 Å². The number of thioether (sulfide) groups is 1. The Bertz CT molecular complexity index is 1480. The number of anilines is 1. The van der Waals surface area contributed by atoms with Crippen LogP contribution in [0.2, 0.25) is 0 Å². The molecule has 0 radical (unpaired) electrons. The molecule has 3 aliphatic rings. The second kappa shape index (κ2) is 8.51. The molecule has 2 aromatic carbocycles. The second-order valence-electron chi connectivity index (χ2n) is 10.1. The van der Waals surface area contributed by atoms with Crippen molar-refractivity contribution < 1.29 is 18.7 Å². The number of aromatic amines is 1. The molecule has 3 aromatic rings. The molecular weight excluding hydrogens is 481 g/mol. The van der Waals surface area contributed by atoms with E-state index in [-0.39, 0.29) is 29.4 Å². The lowest BCUT2D eigenvalue weighted by Gasteiger charge is -2.38.